The van der Waals surface area contributed by atoms with Gasteiger partial charge in [-0.1, -0.05) is 11.3 Å². The topological polar surface area (TPSA) is 27.7 Å². The van der Waals surface area contributed by atoms with Gasteiger partial charge in [0, 0.05) is 21.7 Å². The largest absolute Gasteiger partial charge is 0.482 e. The fraction of sp³-hybridized carbons (Fsp3) is 0.429. The Hall–Kier alpha value is -0.880. The molecular formula is C14H18O3S2. The summed E-state index contributed by atoms with van der Waals surface area (Å²) in [5, 5.41) is 0.941. The van der Waals surface area contributed by atoms with E-state index in [1.165, 1.54) is 14.6 Å². The van der Waals surface area contributed by atoms with Crippen molar-refractivity contribution >= 4 is 22.7 Å². The molecule has 2 aromatic rings. The molecule has 0 saturated carbocycles. The maximum Gasteiger partial charge on any atom is 0.174 e. The average molecular weight is 298 g/mol. The third-order valence-corrected chi connectivity index (χ3v) is 4.66. The SMILES string of the molecule is COCCOCCOc1ccc(-c2ccc(C)s2)s1. The van der Waals surface area contributed by atoms with Gasteiger partial charge in [0.25, 0.3) is 0 Å². The highest BCUT2D eigenvalue weighted by Crippen LogP contribution is 2.36. The minimum absolute atomic E-state index is 0.577. The van der Waals surface area contributed by atoms with Crippen LogP contribution < -0.4 is 4.74 Å². The monoisotopic (exact) mass is 298 g/mol. The first-order valence-corrected chi connectivity index (χ1v) is 7.79. The predicted octanol–water partition coefficient (Wildman–Crippen LogP) is 3.83. The van der Waals surface area contributed by atoms with Crippen LogP contribution in [0.15, 0.2) is 24.3 Å². The van der Waals surface area contributed by atoms with Gasteiger partial charge in [0.2, 0.25) is 0 Å². The molecule has 0 aliphatic carbocycles. The fourth-order valence-electron chi connectivity index (χ4n) is 1.54. The zero-order chi connectivity index (χ0) is 13.5. The Balaban J connectivity index is 1.75. The molecule has 0 saturated heterocycles. The zero-order valence-electron chi connectivity index (χ0n) is 11.2. The molecule has 0 amide bonds. The van der Waals surface area contributed by atoms with Crippen LogP contribution in [0.3, 0.4) is 0 Å². The molecule has 0 radical (unpaired) electrons. The Bertz CT molecular complexity index is 490. The van der Waals surface area contributed by atoms with Crippen molar-refractivity contribution in [1.29, 1.82) is 0 Å². The van der Waals surface area contributed by atoms with Crippen LogP contribution in [0.2, 0.25) is 0 Å². The molecule has 0 spiro atoms. The normalized spacial score (nSPS) is 10.8. The highest BCUT2D eigenvalue weighted by atomic mass is 32.1. The second kappa shape index (κ2) is 7.65. The predicted molar refractivity (Wildman–Crippen MR) is 80.6 cm³/mol. The minimum atomic E-state index is 0.577. The molecule has 2 heterocycles. The fourth-order valence-corrected chi connectivity index (χ4v) is 3.38. The third-order valence-electron chi connectivity index (χ3n) is 2.47. The Morgan fingerprint density at radius 3 is 2.37 bits per heavy atom. The zero-order valence-corrected chi connectivity index (χ0v) is 12.8. The van der Waals surface area contributed by atoms with Gasteiger partial charge in [-0.25, -0.2) is 0 Å². The first-order chi connectivity index (χ1) is 9.29. The lowest BCUT2D eigenvalue weighted by molar-refractivity contribution is 0.0550. The van der Waals surface area contributed by atoms with Crippen LogP contribution in [0.1, 0.15) is 4.88 Å². The van der Waals surface area contributed by atoms with E-state index in [0.29, 0.717) is 26.4 Å². The van der Waals surface area contributed by atoms with Gasteiger partial charge in [-0.3, -0.25) is 0 Å². The van der Waals surface area contributed by atoms with E-state index in [1.54, 1.807) is 18.4 Å². The number of hydrogen-bond donors (Lipinski definition) is 0. The second-order valence-electron chi connectivity index (χ2n) is 3.98. The van der Waals surface area contributed by atoms with Gasteiger partial charge >= 0.3 is 0 Å². The van der Waals surface area contributed by atoms with Crippen molar-refractivity contribution in [3.63, 3.8) is 0 Å². The van der Waals surface area contributed by atoms with E-state index in [0.717, 1.165) is 5.06 Å². The van der Waals surface area contributed by atoms with Gasteiger partial charge in [-0.15, -0.1) is 11.3 Å². The van der Waals surface area contributed by atoms with Crippen LogP contribution in [0, 0.1) is 6.92 Å². The molecule has 0 N–H and O–H groups in total. The Kier molecular flexibility index (Phi) is 5.85. The first kappa shape index (κ1) is 14.5. The molecule has 0 fully saturated rings. The molecule has 0 aliphatic heterocycles. The molecule has 2 rings (SSSR count). The molecule has 0 aliphatic rings. The summed E-state index contributed by atoms with van der Waals surface area (Å²) >= 11 is 3.48. The number of thiophene rings is 2. The molecule has 0 bridgehead atoms. The summed E-state index contributed by atoms with van der Waals surface area (Å²) in [7, 11) is 1.67. The maximum absolute atomic E-state index is 5.65. The summed E-state index contributed by atoms with van der Waals surface area (Å²) < 4.78 is 15.9. The van der Waals surface area contributed by atoms with Gasteiger partial charge < -0.3 is 14.2 Å². The summed E-state index contributed by atoms with van der Waals surface area (Å²) in [5.41, 5.74) is 0. The van der Waals surface area contributed by atoms with Crippen molar-refractivity contribution in [3.05, 3.63) is 29.1 Å². The molecule has 0 atom stereocenters. The first-order valence-electron chi connectivity index (χ1n) is 6.15. The van der Waals surface area contributed by atoms with Crippen LogP contribution in [0.5, 0.6) is 5.06 Å². The second-order valence-corrected chi connectivity index (χ2v) is 6.32. The van der Waals surface area contributed by atoms with Gasteiger partial charge in [0.1, 0.15) is 6.61 Å². The molecule has 0 aromatic carbocycles. The number of aryl methyl sites for hydroxylation is 1. The van der Waals surface area contributed by atoms with E-state index in [1.807, 2.05) is 17.4 Å². The summed E-state index contributed by atoms with van der Waals surface area (Å²) in [6.45, 7) is 4.53. The summed E-state index contributed by atoms with van der Waals surface area (Å²) in [6.07, 6.45) is 0. The highest BCUT2D eigenvalue weighted by Gasteiger charge is 2.05. The van der Waals surface area contributed by atoms with E-state index >= 15 is 0 Å². The number of ether oxygens (including phenoxy) is 3. The molecule has 104 valence electrons. The Labute approximate surface area is 121 Å². The van der Waals surface area contributed by atoms with Crippen LogP contribution in [-0.4, -0.2) is 33.5 Å². The van der Waals surface area contributed by atoms with Crippen molar-refractivity contribution in [3.8, 4) is 14.8 Å². The van der Waals surface area contributed by atoms with E-state index in [-0.39, 0.29) is 0 Å². The number of hydrogen-bond acceptors (Lipinski definition) is 5. The van der Waals surface area contributed by atoms with Gasteiger partial charge in [-0.05, 0) is 31.2 Å². The van der Waals surface area contributed by atoms with Crippen LogP contribution in [0.4, 0.5) is 0 Å². The number of methoxy groups -OCH3 is 1. The molecule has 0 unspecified atom stereocenters. The lowest BCUT2D eigenvalue weighted by atomic mass is 10.4. The molecule has 3 nitrogen and oxygen atoms in total. The standard InChI is InChI=1S/C14H18O3S2/c1-11-3-4-12(18-11)13-5-6-14(19-13)17-10-9-16-8-7-15-2/h3-6H,7-10H2,1-2H3. The Morgan fingerprint density at radius 2 is 1.63 bits per heavy atom. The number of rotatable bonds is 8. The third kappa shape index (κ3) is 4.62. The smallest absolute Gasteiger partial charge is 0.174 e. The molecule has 19 heavy (non-hydrogen) atoms. The van der Waals surface area contributed by atoms with Crippen molar-refractivity contribution in [2.75, 3.05) is 33.5 Å². The maximum atomic E-state index is 5.65. The van der Waals surface area contributed by atoms with E-state index in [4.69, 9.17) is 14.2 Å². The van der Waals surface area contributed by atoms with E-state index in [9.17, 15) is 0 Å². The summed E-state index contributed by atoms with van der Waals surface area (Å²) in [6, 6.07) is 8.43. The lowest BCUT2D eigenvalue weighted by Crippen LogP contribution is -2.09. The minimum Gasteiger partial charge on any atom is -0.482 e. The average Bonchev–Trinajstić information content (AvgIpc) is 3.02. The van der Waals surface area contributed by atoms with Crippen molar-refractivity contribution in [2.24, 2.45) is 0 Å². The van der Waals surface area contributed by atoms with E-state index in [2.05, 4.69) is 25.1 Å². The van der Waals surface area contributed by atoms with Gasteiger partial charge in [0.05, 0.1) is 19.8 Å². The van der Waals surface area contributed by atoms with E-state index < -0.39 is 0 Å². The van der Waals surface area contributed by atoms with Crippen molar-refractivity contribution < 1.29 is 14.2 Å². The van der Waals surface area contributed by atoms with Crippen molar-refractivity contribution in [1.82, 2.24) is 0 Å². The van der Waals surface area contributed by atoms with Gasteiger partial charge in [0.15, 0.2) is 5.06 Å². The lowest BCUT2D eigenvalue weighted by Gasteiger charge is -2.04. The van der Waals surface area contributed by atoms with Gasteiger partial charge in [-0.2, -0.15) is 0 Å². The quantitative estimate of drug-likeness (QED) is 0.693. The van der Waals surface area contributed by atoms with Crippen LogP contribution >= 0.6 is 22.7 Å². The van der Waals surface area contributed by atoms with Crippen LogP contribution in [0.25, 0.3) is 9.75 Å². The van der Waals surface area contributed by atoms with Crippen LogP contribution in [-0.2, 0) is 9.47 Å². The van der Waals surface area contributed by atoms with Crippen molar-refractivity contribution in [2.45, 2.75) is 6.92 Å². The highest BCUT2D eigenvalue weighted by molar-refractivity contribution is 7.23. The molecule has 5 heteroatoms. The summed E-state index contributed by atoms with van der Waals surface area (Å²) in [5.74, 6) is 0. The molecular weight excluding hydrogens is 280 g/mol. The summed E-state index contributed by atoms with van der Waals surface area (Å²) in [4.78, 5) is 3.89. The molecule has 2 aromatic heterocycles. The Morgan fingerprint density at radius 1 is 0.895 bits per heavy atom.